The van der Waals surface area contributed by atoms with Crippen molar-refractivity contribution >= 4 is 23.2 Å². The number of aliphatic imine (C=N–C) groups is 1. The molecule has 0 atom stereocenters. The Morgan fingerprint density at radius 2 is 1.97 bits per heavy atom. The van der Waals surface area contributed by atoms with Gasteiger partial charge in [-0.25, -0.2) is 0 Å². The lowest BCUT2D eigenvalue weighted by atomic mass is 10.0. The highest BCUT2D eigenvalue weighted by atomic mass is 32.1. The van der Waals surface area contributed by atoms with Crippen molar-refractivity contribution in [2.24, 2.45) is 4.99 Å². The second-order valence-corrected chi connectivity index (χ2v) is 8.17. The zero-order chi connectivity index (χ0) is 21.2. The van der Waals surface area contributed by atoms with Crippen molar-refractivity contribution in [2.45, 2.75) is 32.4 Å². The number of likely N-dealkylation sites (tertiary alicyclic amines) is 1. The number of nitrogens with one attached hydrogen (secondary N) is 3. The molecule has 1 aromatic carbocycles. The average Bonchev–Trinajstić information content (AvgIpc) is 3.26. The van der Waals surface area contributed by atoms with Crippen LogP contribution in [0, 0.1) is 0 Å². The molecule has 1 aromatic heterocycles. The van der Waals surface area contributed by atoms with E-state index in [1.54, 1.807) is 23.5 Å². The quantitative estimate of drug-likeness (QED) is 0.294. The van der Waals surface area contributed by atoms with Crippen LogP contribution in [0.4, 0.5) is 0 Å². The van der Waals surface area contributed by atoms with E-state index in [0.29, 0.717) is 24.7 Å². The maximum atomic E-state index is 12.1. The summed E-state index contributed by atoms with van der Waals surface area (Å²) in [5, 5.41) is 23.3. The van der Waals surface area contributed by atoms with Crippen molar-refractivity contribution in [3.05, 3.63) is 52.2 Å². The van der Waals surface area contributed by atoms with Gasteiger partial charge in [-0.05, 0) is 66.4 Å². The number of rotatable bonds is 8. The predicted molar refractivity (Wildman–Crippen MR) is 122 cm³/mol. The van der Waals surface area contributed by atoms with Crippen LogP contribution in [0.25, 0.3) is 0 Å². The summed E-state index contributed by atoms with van der Waals surface area (Å²) in [6, 6.07) is 8.82. The minimum Gasteiger partial charge on any atom is -0.508 e. The highest BCUT2D eigenvalue weighted by Gasteiger charge is 2.20. The van der Waals surface area contributed by atoms with Gasteiger partial charge in [0.25, 0.3) is 5.91 Å². The Labute approximate surface area is 182 Å². The van der Waals surface area contributed by atoms with Crippen LogP contribution in [0.1, 0.15) is 35.7 Å². The molecule has 3 rings (SSSR count). The van der Waals surface area contributed by atoms with Gasteiger partial charge in [0.2, 0.25) is 0 Å². The van der Waals surface area contributed by atoms with Crippen LogP contribution in [-0.2, 0) is 6.54 Å². The first-order valence-corrected chi connectivity index (χ1v) is 11.4. The molecule has 1 aliphatic heterocycles. The molecule has 0 aliphatic carbocycles. The highest BCUT2D eigenvalue weighted by Crippen LogP contribution is 2.15. The van der Waals surface area contributed by atoms with Gasteiger partial charge in [0.15, 0.2) is 5.96 Å². The molecule has 0 radical (unpaired) electrons. The van der Waals surface area contributed by atoms with Crippen molar-refractivity contribution in [3.8, 4) is 5.75 Å². The topological polar surface area (TPSA) is 89.0 Å². The fourth-order valence-corrected chi connectivity index (χ4v) is 4.10. The molecule has 162 valence electrons. The Bertz CT molecular complexity index is 799. The second-order valence-electron chi connectivity index (χ2n) is 7.39. The van der Waals surface area contributed by atoms with Crippen LogP contribution in [-0.4, -0.2) is 60.6 Å². The fourth-order valence-electron chi connectivity index (χ4n) is 3.44. The van der Waals surface area contributed by atoms with E-state index in [1.165, 1.54) is 17.7 Å². The minimum atomic E-state index is -0.166. The molecule has 0 spiro atoms. The molecule has 0 unspecified atom stereocenters. The molecule has 0 bridgehead atoms. The Morgan fingerprint density at radius 1 is 1.20 bits per heavy atom. The predicted octanol–water partition coefficient (Wildman–Crippen LogP) is 2.40. The van der Waals surface area contributed by atoms with Gasteiger partial charge in [0.05, 0.1) is 6.54 Å². The standard InChI is InChI=1S/C22H31N5O2S/c1-2-23-22(25-11-10-24-21(29)18-3-5-20(28)6-4-18)26-19-7-12-27(13-8-19)15-17-9-14-30-16-17/h3-6,9,14,16,19,28H,2,7-8,10-13,15H2,1H3,(H,24,29)(H2,23,25,26). The lowest BCUT2D eigenvalue weighted by molar-refractivity contribution is 0.0955. The number of nitrogens with zero attached hydrogens (tertiary/aromatic N) is 2. The maximum absolute atomic E-state index is 12.1. The van der Waals surface area contributed by atoms with Gasteiger partial charge in [-0.15, -0.1) is 0 Å². The normalized spacial score (nSPS) is 15.7. The first kappa shape index (κ1) is 22.1. The van der Waals surface area contributed by atoms with Crippen molar-refractivity contribution in [1.29, 1.82) is 0 Å². The lowest BCUT2D eigenvalue weighted by Gasteiger charge is -2.33. The number of hydrogen-bond donors (Lipinski definition) is 4. The summed E-state index contributed by atoms with van der Waals surface area (Å²) in [6.07, 6.45) is 2.18. The Kier molecular flexibility index (Phi) is 8.53. The highest BCUT2D eigenvalue weighted by molar-refractivity contribution is 7.07. The Hall–Kier alpha value is -2.58. The number of phenolic OH excluding ortho intramolecular Hbond substituents is 1. The van der Waals surface area contributed by atoms with Crippen LogP contribution >= 0.6 is 11.3 Å². The SMILES string of the molecule is CCNC(=NCCNC(=O)c1ccc(O)cc1)NC1CCN(Cc2ccsc2)CC1. The molecular weight excluding hydrogens is 398 g/mol. The summed E-state index contributed by atoms with van der Waals surface area (Å²) in [5.41, 5.74) is 1.92. The number of amides is 1. The van der Waals surface area contributed by atoms with Crippen molar-refractivity contribution in [1.82, 2.24) is 20.9 Å². The maximum Gasteiger partial charge on any atom is 0.251 e. The van der Waals surface area contributed by atoms with Gasteiger partial charge in [0.1, 0.15) is 5.75 Å². The minimum absolute atomic E-state index is 0.148. The molecule has 1 aliphatic rings. The fraction of sp³-hybridized carbons (Fsp3) is 0.455. The molecule has 0 saturated carbocycles. The first-order chi connectivity index (χ1) is 14.6. The third kappa shape index (κ3) is 7.03. The zero-order valence-corrected chi connectivity index (χ0v) is 18.3. The van der Waals surface area contributed by atoms with Crippen molar-refractivity contribution < 1.29 is 9.90 Å². The number of aromatic hydroxyl groups is 1. The number of carbonyl (C=O) groups excluding carboxylic acids is 1. The number of carbonyl (C=O) groups is 1. The molecular formula is C22H31N5O2S. The van der Waals surface area contributed by atoms with Gasteiger partial charge in [-0.1, -0.05) is 0 Å². The van der Waals surface area contributed by atoms with E-state index in [4.69, 9.17) is 0 Å². The van der Waals surface area contributed by atoms with E-state index in [9.17, 15) is 9.90 Å². The number of guanidine groups is 1. The summed E-state index contributed by atoms with van der Waals surface area (Å²) in [5.74, 6) is 0.781. The first-order valence-electron chi connectivity index (χ1n) is 10.5. The monoisotopic (exact) mass is 429 g/mol. The Balaban J connectivity index is 1.40. The molecule has 8 heteroatoms. The molecule has 30 heavy (non-hydrogen) atoms. The van der Waals surface area contributed by atoms with Gasteiger partial charge in [-0.3, -0.25) is 14.7 Å². The molecule has 1 fully saturated rings. The zero-order valence-electron chi connectivity index (χ0n) is 17.4. The summed E-state index contributed by atoms with van der Waals surface area (Å²) in [6.45, 7) is 6.98. The number of benzene rings is 1. The van der Waals surface area contributed by atoms with Gasteiger partial charge in [0, 0.05) is 44.3 Å². The van der Waals surface area contributed by atoms with Crippen LogP contribution < -0.4 is 16.0 Å². The average molecular weight is 430 g/mol. The van der Waals surface area contributed by atoms with Gasteiger partial charge < -0.3 is 21.1 Å². The van der Waals surface area contributed by atoms with Crippen molar-refractivity contribution in [2.75, 3.05) is 32.7 Å². The molecule has 7 nitrogen and oxygen atoms in total. The largest absolute Gasteiger partial charge is 0.508 e. The van der Waals surface area contributed by atoms with Crippen LogP contribution in [0.2, 0.25) is 0 Å². The van der Waals surface area contributed by atoms with E-state index < -0.39 is 0 Å². The molecule has 2 heterocycles. The van der Waals surface area contributed by atoms with E-state index in [0.717, 1.165) is 45.0 Å². The van der Waals surface area contributed by atoms with Crippen LogP contribution in [0.3, 0.4) is 0 Å². The number of piperidine rings is 1. The Morgan fingerprint density at radius 3 is 2.63 bits per heavy atom. The number of thiophene rings is 1. The summed E-state index contributed by atoms with van der Waals surface area (Å²) >= 11 is 1.75. The van der Waals surface area contributed by atoms with Crippen LogP contribution in [0.5, 0.6) is 5.75 Å². The van der Waals surface area contributed by atoms with Crippen molar-refractivity contribution in [3.63, 3.8) is 0 Å². The molecule has 2 aromatic rings. The summed E-state index contributed by atoms with van der Waals surface area (Å²) in [4.78, 5) is 19.2. The summed E-state index contributed by atoms with van der Waals surface area (Å²) < 4.78 is 0. The third-order valence-electron chi connectivity index (χ3n) is 5.06. The van der Waals surface area contributed by atoms with Gasteiger partial charge in [-0.2, -0.15) is 11.3 Å². The van der Waals surface area contributed by atoms with E-state index in [1.807, 2.05) is 6.92 Å². The number of hydrogen-bond acceptors (Lipinski definition) is 5. The molecule has 1 amide bonds. The smallest absolute Gasteiger partial charge is 0.251 e. The van der Waals surface area contributed by atoms with E-state index in [2.05, 4.69) is 42.7 Å². The van der Waals surface area contributed by atoms with Gasteiger partial charge >= 0.3 is 0 Å². The van der Waals surface area contributed by atoms with E-state index in [-0.39, 0.29) is 11.7 Å². The number of phenols is 1. The molecule has 1 saturated heterocycles. The third-order valence-corrected chi connectivity index (χ3v) is 5.79. The molecule has 4 N–H and O–H groups in total. The lowest BCUT2D eigenvalue weighted by Crippen LogP contribution is -2.48. The second kappa shape index (κ2) is 11.6. The van der Waals surface area contributed by atoms with E-state index >= 15 is 0 Å². The van der Waals surface area contributed by atoms with Crippen LogP contribution in [0.15, 0.2) is 46.1 Å². The summed E-state index contributed by atoms with van der Waals surface area (Å²) in [7, 11) is 0.